The molecule has 0 heterocycles. The molecule has 0 aromatic heterocycles. The van der Waals surface area contributed by atoms with Gasteiger partial charge in [0.2, 0.25) is 0 Å². The zero-order chi connectivity index (χ0) is 10.7. The second-order valence-corrected chi connectivity index (χ2v) is 2.95. The molecule has 0 aromatic carbocycles. The van der Waals surface area contributed by atoms with E-state index < -0.39 is 0 Å². The molecule has 0 aliphatic heterocycles. The monoisotopic (exact) mass is 189 g/mol. The first-order valence-electron chi connectivity index (χ1n) is 5.45. The van der Waals surface area contributed by atoms with E-state index in [9.17, 15) is 0 Å². The van der Waals surface area contributed by atoms with E-state index in [0.29, 0.717) is 6.10 Å². The minimum atomic E-state index is 0.448. The highest BCUT2D eigenvalue weighted by Crippen LogP contribution is 2.02. The highest BCUT2D eigenvalue weighted by molar-refractivity contribution is 4.57. The lowest BCUT2D eigenvalue weighted by Gasteiger charge is -2.18. The van der Waals surface area contributed by atoms with Gasteiger partial charge in [0.25, 0.3) is 0 Å². The molecule has 13 heavy (non-hydrogen) atoms. The van der Waals surface area contributed by atoms with E-state index in [1.165, 1.54) is 0 Å². The Kier molecular flexibility index (Phi) is 14.1. The van der Waals surface area contributed by atoms with Crippen molar-refractivity contribution in [1.82, 2.24) is 4.90 Å². The Labute approximate surface area is 84.3 Å². The van der Waals surface area contributed by atoms with Crippen molar-refractivity contribution in [3.63, 3.8) is 0 Å². The number of hydrogen-bond acceptors (Lipinski definition) is 2. The lowest BCUT2D eigenvalue weighted by atomic mass is 10.2. The van der Waals surface area contributed by atoms with E-state index in [-0.39, 0.29) is 0 Å². The number of ether oxygens (including phenoxy) is 1. The summed E-state index contributed by atoms with van der Waals surface area (Å²) in [6.07, 6.45) is 2.72. The van der Waals surface area contributed by atoms with Crippen LogP contribution in [0.5, 0.6) is 0 Å². The van der Waals surface area contributed by atoms with Crippen LogP contribution in [0.2, 0.25) is 0 Å². The van der Waals surface area contributed by atoms with Crippen LogP contribution in [-0.4, -0.2) is 38.3 Å². The summed E-state index contributed by atoms with van der Waals surface area (Å²) in [4.78, 5) is 2.31. The summed E-state index contributed by atoms with van der Waals surface area (Å²) in [6.45, 7) is 10.6. The lowest BCUT2D eigenvalue weighted by Crippen LogP contribution is -2.23. The predicted molar refractivity (Wildman–Crippen MR) is 60.2 cm³/mol. The molecule has 0 aliphatic rings. The van der Waals surface area contributed by atoms with Crippen LogP contribution in [0.1, 0.15) is 40.5 Å². The van der Waals surface area contributed by atoms with Crippen molar-refractivity contribution in [2.75, 3.05) is 27.2 Å². The molecule has 0 radical (unpaired) electrons. The van der Waals surface area contributed by atoms with Gasteiger partial charge in [0.15, 0.2) is 0 Å². The van der Waals surface area contributed by atoms with Gasteiger partial charge in [0.05, 0.1) is 6.10 Å². The van der Waals surface area contributed by atoms with Crippen molar-refractivity contribution in [2.45, 2.75) is 46.6 Å². The minimum absolute atomic E-state index is 0.448. The molecule has 0 aliphatic carbocycles. The second-order valence-electron chi connectivity index (χ2n) is 2.95. The summed E-state index contributed by atoms with van der Waals surface area (Å²) >= 11 is 0. The van der Waals surface area contributed by atoms with Crippen molar-refractivity contribution < 1.29 is 4.74 Å². The van der Waals surface area contributed by atoms with Crippen molar-refractivity contribution in [3.8, 4) is 0 Å². The summed E-state index contributed by atoms with van der Waals surface area (Å²) in [7, 11) is 3.93. The average molecular weight is 189 g/mol. The van der Waals surface area contributed by atoms with Gasteiger partial charge in [-0.05, 0) is 26.4 Å². The lowest BCUT2D eigenvalue weighted by molar-refractivity contribution is 0.0837. The van der Waals surface area contributed by atoms with E-state index in [4.69, 9.17) is 4.74 Å². The van der Waals surface area contributed by atoms with Crippen molar-refractivity contribution in [2.24, 2.45) is 0 Å². The number of nitrogens with zero attached hydrogens (tertiary/aromatic N) is 1. The van der Waals surface area contributed by atoms with Crippen LogP contribution in [0.15, 0.2) is 0 Å². The highest BCUT2D eigenvalue weighted by atomic mass is 16.5. The van der Waals surface area contributed by atoms with Crippen LogP contribution in [0.4, 0.5) is 0 Å². The first-order chi connectivity index (χ1) is 6.24. The Balaban J connectivity index is 0. The van der Waals surface area contributed by atoms with Crippen LogP contribution in [0.25, 0.3) is 0 Å². The molecule has 0 bridgehead atoms. The molecular formula is C11H27NO. The third kappa shape index (κ3) is 9.84. The third-order valence-electron chi connectivity index (χ3n) is 2.16. The molecule has 2 heteroatoms. The van der Waals surface area contributed by atoms with Gasteiger partial charge in [-0.1, -0.05) is 27.7 Å². The van der Waals surface area contributed by atoms with Gasteiger partial charge < -0.3 is 9.64 Å². The summed E-state index contributed by atoms with van der Waals surface area (Å²) in [5.74, 6) is 0. The Bertz CT molecular complexity index is 82.2. The molecule has 0 saturated heterocycles. The first kappa shape index (κ1) is 15.4. The van der Waals surface area contributed by atoms with E-state index >= 15 is 0 Å². The third-order valence-corrected chi connectivity index (χ3v) is 2.16. The summed E-state index contributed by atoms with van der Waals surface area (Å²) in [5, 5.41) is 0. The summed E-state index contributed by atoms with van der Waals surface area (Å²) in [6, 6.07) is 0. The van der Waals surface area contributed by atoms with Gasteiger partial charge in [0.1, 0.15) is 0 Å². The van der Waals surface area contributed by atoms with Crippen molar-refractivity contribution in [1.29, 1.82) is 0 Å². The number of hydrogen-bond donors (Lipinski definition) is 0. The fraction of sp³-hybridized carbons (Fsp3) is 1.00. The molecule has 1 unspecified atom stereocenters. The maximum Gasteiger partial charge on any atom is 0.0580 e. The Hall–Kier alpha value is -0.0800. The van der Waals surface area contributed by atoms with Gasteiger partial charge in [-0.25, -0.2) is 0 Å². The first-order valence-corrected chi connectivity index (χ1v) is 5.45. The van der Waals surface area contributed by atoms with Crippen molar-refractivity contribution >= 4 is 0 Å². The average Bonchev–Trinajstić information content (AvgIpc) is 2.22. The minimum Gasteiger partial charge on any atom is -0.381 e. The molecule has 2 nitrogen and oxygen atoms in total. The fourth-order valence-corrected chi connectivity index (χ4v) is 1.01. The molecule has 0 fully saturated rings. The zero-order valence-electron chi connectivity index (χ0n) is 10.3. The van der Waals surface area contributed by atoms with E-state index in [2.05, 4.69) is 25.8 Å². The van der Waals surface area contributed by atoms with Crippen LogP contribution in [0, 0.1) is 0 Å². The summed E-state index contributed by atoms with van der Waals surface area (Å²) in [5.41, 5.74) is 0. The molecule has 0 rings (SSSR count). The van der Waals surface area contributed by atoms with Crippen molar-refractivity contribution in [3.05, 3.63) is 0 Å². The second kappa shape index (κ2) is 11.9. The van der Waals surface area contributed by atoms with E-state index in [0.717, 1.165) is 25.9 Å². The molecule has 82 valence electrons. The Morgan fingerprint density at radius 2 is 1.77 bits per heavy atom. The van der Waals surface area contributed by atoms with Gasteiger partial charge >= 0.3 is 0 Å². The Morgan fingerprint density at radius 1 is 1.23 bits per heavy atom. The molecule has 1 atom stereocenters. The predicted octanol–water partition coefficient (Wildman–Crippen LogP) is 2.78. The largest absolute Gasteiger partial charge is 0.381 e. The molecule has 0 aromatic rings. The molecular weight excluding hydrogens is 162 g/mol. The number of rotatable bonds is 6. The number of methoxy groups -OCH3 is 1. The quantitative estimate of drug-likeness (QED) is 0.637. The van der Waals surface area contributed by atoms with Gasteiger partial charge in [-0.15, -0.1) is 0 Å². The van der Waals surface area contributed by atoms with Gasteiger partial charge in [-0.2, -0.15) is 0 Å². The maximum atomic E-state index is 5.27. The molecule has 0 spiro atoms. The molecule has 0 saturated carbocycles. The normalized spacial score (nSPS) is 12.2. The summed E-state index contributed by atoms with van der Waals surface area (Å²) < 4.78 is 5.27. The fourth-order valence-electron chi connectivity index (χ4n) is 1.01. The molecule has 0 N–H and O–H groups in total. The van der Waals surface area contributed by atoms with Gasteiger partial charge in [-0.3, -0.25) is 0 Å². The SMILES string of the molecule is CC.CCC(CCN(C)CC)OC. The zero-order valence-corrected chi connectivity index (χ0v) is 10.3. The maximum absolute atomic E-state index is 5.27. The topological polar surface area (TPSA) is 12.5 Å². The van der Waals surface area contributed by atoms with Crippen LogP contribution >= 0.6 is 0 Å². The van der Waals surface area contributed by atoms with Crippen LogP contribution < -0.4 is 0 Å². The Morgan fingerprint density at radius 3 is 2.08 bits per heavy atom. The molecule has 0 amide bonds. The van der Waals surface area contributed by atoms with Crippen LogP contribution in [-0.2, 0) is 4.74 Å². The van der Waals surface area contributed by atoms with Gasteiger partial charge in [0, 0.05) is 13.7 Å². The van der Waals surface area contributed by atoms with Crippen LogP contribution in [0.3, 0.4) is 0 Å². The van der Waals surface area contributed by atoms with E-state index in [1.54, 1.807) is 7.11 Å². The standard InChI is InChI=1S/C9H21NO.C2H6/c1-5-9(11-4)7-8-10(3)6-2;1-2/h9H,5-8H2,1-4H3;1-2H3. The smallest absolute Gasteiger partial charge is 0.0580 e. The highest BCUT2D eigenvalue weighted by Gasteiger charge is 2.04. The van der Waals surface area contributed by atoms with E-state index in [1.807, 2.05) is 13.8 Å².